The number of benzene rings is 9. The molecule has 13 rings (SSSR count). The summed E-state index contributed by atoms with van der Waals surface area (Å²) in [7, 11) is 0. The van der Waals surface area contributed by atoms with Crippen LogP contribution < -0.4 is 0 Å². The van der Waals surface area contributed by atoms with Gasteiger partial charge in [0.05, 0.1) is 27.8 Å². The largest absolute Gasteiger partial charge is 0.455 e. The zero-order valence-corrected chi connectivity index (χ0v) is 32.7. The van der Waals surface area contributed by atoms with Gasteiger partial charge in [0.1, 0.15) is 11.2 Å². The quantitative estimate of drug-likeness (QED) is 0.175. The van der Waals surface area contributed by atoms with Gasteiger partial charge in [0.25, 0.3) is 0 Å². The summed E-state index contributed by atoms with van der Waals surface area (Å²) in [4.78, 5) is 15.5. The van der Waals surface area contributed by atoms with E-state index in [4.69, 9.17) is 19.4 Å². The Kier molecular flexibility index (Phi) is 7.21. The second kappa shape index (κ2) is 13.1. The van der Waals surface area contributed by atoms with Crippen molar-refractivity contribution in [2.24, 2.45) is 0 Å². The number of para-hydroxylation sites is 4. The van der Waals surface area contributed by atoms with E-state index in [-0.39, 0.29) is 0 Å². The van der Waals surface area contributed by atoms with Crippen molar-refractivity contribution in [2.45, 2.75) is 0 Å². The maximum atomic E-state index is 6.88. The molecule has 0 aliphatic carbocycles. The zero-order chi connectivity index (χ0) is 40.0. The molecule has 0 unspecified atom stereocenters. The number of hydrogen-bond donors (Lipinski definition) is 0. The summed E-state index contributed by atoms with van der Waals surface area (Å²) in [5, 5.41) is 8.87. The molecule has 4 aromatic heterocycles. The van der Waals surface area contributed by atoms with Crippen molar-refractivity contribution in [3.8, 4) is 45.5 Å². The van der Waals surface area contributed by atoms with E-state index < -0.39 is 0 Å². The first-order valence-corrected chi connectivity index (χ1v) is 20.5. The van der Waals surface area contributed by atoms with Crippen LogP contribution in [0.1, 0.15) is 0 Å². The molecule has 13 aromatic rings. The lowest BCUT2D eigenvalue weighted by Crippen LogP contribution is -2.01. The van der Waals surface area contributed by atoms with Gasteiger partial charge in [-0.05, 0) is 48.5 Å². The van der Waals surface area contributed by atoms with Gasteiger partial charge in [-0.2, -0.15) is 0 Å². The third-order valence-corrected chi connectivity index (χ3v) is 12.1. The minimum atomic E-state index is 0.577. The fourth-order valence-electron chi connectivity index (χ4n) is 9.47. The summed E-state index contributed by atoms with van der Waals surface area (Å²) in [6, 6.07) is 70.2. The lowest BCUT2D eigenvalue weighted by Gasteiger charge is -2.15. The fraction of sp³-hybridized carbons (Fsp3) is 0. The van der Waals surface area contributed by atoms with Crippen LogP contribution in [0.3, 0.4) is 0 Å². The molecule has 0 saturated carbocycles. The van der Waals surface area contributed by atoms with Crippen molar-refractivity contribution in [1.29, 1.82) is 0 Å². The summed E-state index contributed by atoms with van der Waals surface area (Å²) < 4.78 is 11.7. The first kappa shape index (κ1) is 33.6. The van der Waals surface area contributed by atoms with E-state index in [1.807, 2.05) is 72.8 Å². The van der Waals surface area contributed by atoms with Crippen molar-refractivity contribution in [2.75, 3.05) is 0 Å². The first-order chi connectivity index (χ1) is 30.3. The van der Waals surface area contributed by atoms with Crippen molar-refractivity contribution >= 4 is 76.3 Å². The van der Waals surface area contributed by atoms with Gasteiger partial charge in [-0.3, -0.25) is 0 Å². The van der Waals surface area contributed by atoms with Crippen molar-refractivity contribution in [3.63, 3.8) is 0 Å². The Morgan fingerprint density at radius 2 is 0.869 bits per heavy atom. The van der Waals surface area contributed by atoms with E-state index in [1.165, 1.54) is 27.1 Å². The third-order valence-electron chi connectivity index (χ3n) is 12.1. The number of fused-ring (bicyclic) bond motifs is 11. The molecule has 0 amide bonds. The highest BCUT2D eigenvalue weighted by molar-refractivity contribution is 6.24. The van der Waals surface area contributed by atoms with Gasteiger partial charge >= 0.3 is 0 Å². The molecule has 0 fully saturated rings. The topological polar surface area (TPSA) is 61.7 Å². The molecule has 6 heteroatoms. The number of hydrogen-bond acceptors (Lipinski definition) is 4. The third kappa shape index (κ3) is 5.06. The van der Waals surface area contributed by atoms with Crippen LogP contribution >= 0.6 is 0 Å². The second-order valence-corrected chi connectivity index (χ2v) is 15.6. The average molecular weight is 780 g/mol. The lowest BCUT2D eigenvalue weighted by atomic mass is 9.98. The monoisotopic (exact) mass is 779 g/mol. The van der Waals surface area contributed by atoms with Crippen LogP contribution in [-0.2, 0) is 0 Å². The van der Waals surface area contributed by atoms with E-state index in [9.17, 15) is 0 Å². The van der Waals surface area contributed by atoms with Gasteiger partial charge in [0.2, 0.25) is 0 Å². The first-order valence-electron chi connectivity index (χ1n) is 20.5. The number of rotatable bonds is 5. The van der Waals surface area contributed by atoms with Crippen molar-refractivity contribution in [1.82, 2.24) is 24.1 Å². The molecule has 61 heavy (non-hydrogen) atoms. The van der Waals surface area contributed by atoms with E-state index in [2.05, 4.69) is 137 Å². The van der Waals surface area contributed by atoms with E-state index in [0.29, 0.717) is 17.5 Å². The molecule has 0 radical (unpaired) electrons. The predicted octanol–water partition coefficient (Wildman–Crippen LogP) is 14.1. The van der Waals surface area contributed by atoms with Crippen LogP contribution in [0.5, 0.6) is 0 Å². The summed E-state index contributed by atoms with van der Waals surface area (Å²) in [6.45, 7) is 0. The maximum Gasteiger partial charge on any atom is 0.164 e. The number of furan rings is 1. The predicted molar refractivity (Wildman–Crippen MR) is 250 cm³/mol. The van der Waals surface area contributed by atoms with Gasteiger partial charge in [-0.15, -0.1) is 0 Å². The van der Waals surface area contributed by atoms with Gasteiger partial charge in [-0.1, -0.05) is 152 Å². The second-order valence-electron chi connectivity index (χ2n) is 15.6. The SMILES string of the molecule is c1ccc(-c2nc(-c3ccccc3)nc(-c3cccc4c(-n5c6ccccc6c6cc7c8ccccc8n(-c8ccccc8)c7cc65)cc5c6ccccc6oc5c34)n2)cc1. The molecular formula is C55H33N5O. The molecule has 0 N–H and O–H groups in total. The Morgan fingerprint density at radius 1 is 0.344 bits per heavy atom. The zero-order valence-electron chi connectivity index (χ0n) is 32.7. The fourth-order valence-corrected chi connectivity index (χ4v) is 9.47. The molecule has 4 heterocycles. The number of aromatic nitrogens is 5. The average Bonchev–Trinajstić information content (AvgIpc) is 3.98. The molecule has 6 nitrogen and oxygen atoms in total. The molecular weight excluding hydrogens is 747 g/mol. The Labute approximate surface area is 349 Å². The summed E-state index contributed by atoms with van der Waals surface area (Å²) >= 11 is 0. The number of nitrogens with zero attached hydrogens (tertiary/aromatic N) is 5. The Balaban J connectivity index is 1.17. The highest BCUT2D eigenvalue weighted by atomic mass is 16.3. The van der Waals surface area contributed by atoms with Crippen LogP contribution in [0.2, 0.25) is 0 Å². The smallest absolute Gasteiger partial charge is 0.164 e. The maximum absolute atomic E-state index is 6.88. The highest BCUT2D eigenvalue weighted by Crippen LogP contribution is 2.45. The molecule has 9 aromatic carbocycles. The van der Waals surface area contributed by atoms with Crippen LogP contribution in [0.4, 0.5) is 0 Å². The molecule has 284 valence electrons. The summed E-state index contributed by atoms with van der Waals surface area (Å²) in [5.74, 6) is 1.80. The minimum absolute atomic E-state index is 0.577. The van der Waals surface area contributed by atoms with Crippen molar-refractivity contribution in [3.05, 3.63) is 200 Å². The Bertz CT molecular complexity index is 3810. The van der Waals surface area contributed by atoms with Gasteiger partial charge in [0.15, 0.2) is 17.5 Å². The van der Waals surface area contributed by atoms with E-state index in [0.717, 1.165) is 77.3 Å². The van der Waals surface area contributed by atoms with Gasteiger partial charge in [0, 0.05) is 65.5 Å². The normalized spacial score (nSPS) is 11.9. The van der Waals surface area contributed by atoms with Crippen LogP contribution in [0.15, 0.2) is 205 Å². The summed E-state index contributed by atoms with van der Waals surface area (Å²) in [6.07, 6.45) is 0. The van der Waals surface area contributed by atoms with Crippen molar-refractivity contribution < 1.29 is 4.42 Å². The molecule has 0 bridgehead atoms. The highest BCUT2D eigenvalue weighted by Gasteiger charge is 2.24. The van der Waals surface area contributed by atoms with Crippen LogP contribution in [0, 0.1) is 0 Å². The van der Waals surface area contributed by atoms with Gasteiger partial charge < -0.3 is 13.6 Å². The van der Waals surface area contributed by atoms with E-state index >= 15 is 0 Å². The molecule has 0 saturated heterocycles. The molecule has 0 aliphatic rings. The Hall–Kier alpha value is -8.35. The van der Waals surface area contributed by atoms with Gasteiger partial charge in [-0.25, -0.2) is 15.0 Å². The lowest BCUT2D eigenvalue weighted by molar-refractivity contribution is 0.672. The Morgan fingerprint density at radius 3 is 1.54 bits per heavy atom. The van der Waals surface area contributed by atoms with Crippen LogP contribution in [-0.4, -0.2) is 24.1 Å². The standard InChI is InChI=1S/C55H33N5O/c1-4-17-34(18-5-1)53-56-54(35-19-6-2-7-20-35)58-55(57-53)41-27-16-26-40-47(32-44-39-25-12-15-30-50(39)61-52(44)51(40)41)60-46-29-14-11-24-38(46)43-31-42-37-23-10-13-28-45(37)59(48(42)33-49(43)60)36-21-8-3-9-22-36/h1-33H. The van der Waals surface area contributed by atoms with E-state index in [1.54, 1.807) is 0 Å². The minimum Gasteiger partial charge on any atom is -0.455 e. The molecule has 0 atom stereocenters. The molecule has 0 spiro atoms. The molecule has 0 aliphatic heterocycles. The summed E-state index contributed by atoms with van der Waals surface area (Å²) in [5.41, 5.74) is 11.1. The van der Waals surface area contributed by atoms with Crippen LogP contribution in [0.25, 0.3) is 122 Å².